The SMILES string of the molecule is CC1(C)C(=O)N(Cc2ccoc2)c2cc(C#N)sc21. The highest BCUT2D eigenvalue weighted by molar-refractivity contribution is 7.13. The van der Waals surface area contributed by atoms with Crippen molar-refractivity contribution in [3.63, 3.8) is 0 Å². The monoisotopic (exact) mass is 272 g/mol. The second-order valence-electron chi connectivity index (χ2n) is 5.08. The third-order valence-electron chi connectivity index (χ3n) is 3.38. The smallest absolute Gasteiger partial charge is 0.238 e. The summed E-state index contributed by atoms with van der Waals surface area (Å²) in [6.45, 7) is 4.29. The van der Waals surface area contributed by atoms with Crippen LogP contribution in [0.3, 0.4) is 0 Å². The van der Waals surface area contributed by atoms with Crippen molar-refractivity contribution in [3.05, 3.63) is 40.0 Å². The van der Waals surface area contributed by atoms with Crippen LogP contribution in [0.1, 0.15) is 29.2 Å². The Balaban J connectivity index is 2.05. The van der Waals surface area contributed by atoms with Crippen LogP contribution in [-0.2, 0) is 16.8 Å². The van der Waals surface area contributed by atoms with Crippen LogP contribution >= 0.6 is 11.3 Å². The standard InChI is InChI=1S/C14H12N2O2S/c1-14(2)12-11(5-10(6-15)19-12)16(13(14)17)7-9-3-4-18-8-9/h3-5,8H,7H2,1-2H3. The van der Waals surface area contributed by atoms with Crippen molar-refractivity contribution < 1.29 is 9.21 Å². The van der Waals surface area contributed by atoms with Crippen molar-refractivity contribution in [2.24, 2.45) is 0 Å². The van der Waals surface area contributed by atoms with E-state index < -0.39 is 5.41 Å². The zero-order valence-electron chi connectivity index (χ0n) is 10.6. The van der Waals surface area contributed by atoms with Crippen LogP contribution in [-0.4, -0.2) is 5.91 Å². The Labute approximate surface area is 114 Å². The van der Waals surface area contributed by atoms with Crippen LogP contribution < -0.4 is 4.90 Å². The summed E-state index contributed by atoms with van der Waals surface area (Å²) in [7, 11) is 0. The van der Waals surface area contributed by atoms with Gasteiger partial charge in [-0.2, -0.15) is 5.26 Å². The van der Waals surface area contributed by atoms with Crippen molar-refractivity contribution in [2.75, 3.05) is 4.90 Å². The molecule has 1 aliphatic heterocycles. The van der Waals surface area contributed by atoms with Gasteiger partial charge in [-0.3, -0.25) is 4.79 Å². The molecule has 0 fully saturated rings. The zero-order valence-corrected chi connectivity index (χ0v) is 11.5. The van der Waals surface area contributed by atoms with Crippen LogP contribution in [0, 0.1) is 11.3 Å². The van der Waals surface area contributed by atoms with Gasteiger partial charge < -0.3 is 9.32 Å². The Morgan fingerprint density at radius 1 is 1.53 bits per heavy atom. The molecule has 0 bridgehead atoms. The number of thiophene rings is 1. The van der Waals surface area contributed by atoms with Crippen molar-refractivity contribution in [1.29, 1.82) is 5.26 Å². The second-order valence-corrected chi connectivity index (χ2v) is 6.14. The number of hydrogen-bond acceptors (Lipinski definition) is 4. The fourth-order valence-electron chi connectivity index (χ4n) is 2.35. The lowest BCUT2D eigenvalue weighted by Crippen LogP contribution is -2.35. The van der Waals surface area contributed by atoms with Gasteiger partial charge >= 0.3 is 0 Å². The molecule has 0 atom stereocenters. The maximum atomic E-state index is 12.5. The Kier molecular flexibility index (Phi) is 2.51. The van der Waals surface area contributed by atoms with E-state index >= 15 is 0 Å². The molecular weight excluding hydrogens is 260 g/mol. The van der Waals surface area contributed by atoms with Crippen molar-refractivity contribution >= 4 is 22.9 Å². The van der Waals surface area contributed by atoms with Gasteiger partial charge in [0.2, 0.25) is 5.91 Å². The predicted octanol–water partition coefficient (Wildman–Crippen LogP) is 3.04. The Bertz CT molecular complexity index is 677. The molecule has 0 unspecified atom stereocenters. The second kappa shape index (κ2) is 3.97. The first-order valence-electron chi connectivity index (χ1n) is 5.91. The minimum absolute atomic E-state index is 0.0689. The lowest BCUT2D eigenvalue weighted by molar-refractivity contribution is -0.122. The van der Waals surface area contributed by atoms with Crippen LogP contribution in [0.5, 0.6) is 0 Å². The predicted molar refractivity (Wildman–Crippen MR) is 72.0 cm³/mol. The van der Waals surface area contributed by atoms with Crippen LogP contribution in [0.2, 0.25) is 0 Å². The summed E-state index contributed by atoms with van der Waals surface area (Å²) in [6, 6.07) is 5.79. The number of rotatable bonds is 2. The molecule has 3 rings (SSSR count). The highest BCUT2D eigenvalue weighted by Crippen LogP contribution is 2.47. The van der Waals surface area contributed by atoms with E-state index in [0.717, 1.165) is 16.1 Å². The molecule has 1 amide bonds. The molecule has 0 saturated carbocycles. The van der Waals surface area contributed by atoms with Crippen LogP contribution in [0.4, 0.5) is 5.69 Å². The van der Waals surface area contributed by atoms with E-state index in [9.17, 15) is 4.79 Å². The molecule has 0 N–H and O–H groups in total. The summed E-state index contributed by atoms with van der Waals surface area (Å²) in [6.07, 6.45) is 3.23. The van der Waals surface area contributed by atoms with Crippen LogP contribution in [0.25, 0.3) is 0 Å². The highest BCUT2D eigenvalue weighted by Gasteiger charge is 2.45. The molecule has 1 aliphatic rings. The van der Waals surface area contributed by atoms with E-state index in [1.165, 1.54) is 11.3 Å². The van der Waals surface area contributed by atoms with Crippen molar-refractivity contribution in [3.8, 4) is 6.07 Å². The van der Waals surface area contributed by atoms with Crippen molar-refractivity contribution in [2.45, 2.75) is 25.8 Å². The van der Waals surface area contributed by atoms with E-state index in [1.807, 2.05) is 19.9 Å². The lowest BCUT2D eigenvalue weighted by Gasteiger charge is -2.20. The molecule has 0 aromatic carbocycles. The zero-order chi connectivity index (χ0) is 13.6. The van der Waals surface area contributed by atoms with E-state index in [4.69, 9.17) is 9.68 Å². The van der Waals surface area contributed by atoms with Gasteiger partial charge in [0.1, 0.15) is 10.9 Å². The Morgan fingerprint density at radius 3 is 2.95 bits per heavy atom. The van der Waals surface area contributed by atoms with Gasteiger partial charge in [0.05, 0.1) is 30.2 Å². The number of furan rings is 1. The highest BCUT2D eigenvalue weighted by atomic mass is 32.1. The summed E-state index contributed by atoms with van der Waals surface area (Å²) in [5.74, 6) is 0.0689. The summed E-state index contributed by atoms with van der Waals surface area (Å²) >= 11 is 1.40. The molecule has 0 radical (unpaired) electrons. The molecule has 4 nitrogen and oxygen atoms in total. The normalized spacial score (nSPS) is 16.5. The van der Waals surface area contributed by atoms with Gasteiger partial charge in [-0.15, -0.1) is 11.3 Å². The van der Waals surface area contributed by atoms with Gasteiger partial charge in [-0.05, 0) is 26.0 Å². The number of carbonyl (C=O) groups excluding carboxylic acids is 1. The molecule has 2 aromatic heterocycles. The number of fused-ring (bicyclic) bond motifs is 1. The third kappa shape index (κ3) is 1.68. The minimum atomic E-state index is -0.557. The lowest BCUT2D eigenvalue weighted by atomic mass is 9.93. The van der Waals surface area contributed by atoms with Gasteiger partial charge in [-0.25, -0.2) is 0 Å². The first-order chi connectivity index (χ1) is 9.04. The molecule has 3 heterocycles. The fraction of sp³-hybridized carbons (Fsp3) is 0.286. The van der Waals surface area contributed by atoms with Crippen LogP contribution in [0.15, 0.2) is 29.1 Å². The molecule has 0 saturated heterocycles. The summed E-state index contributed by atoms with van der Waals surface area (Å²) in [4.78, 5) is 15.8. The average molecular weight is 272 g/mol. The van der Waals surface area contributed by atoms with E-state index in [1.54, 1.807) is 23.5 Å². The van der Waals surface area contributed by atoms with Crippen molar-refractivity contribution in [1.82, 2.24) is 0 Å². The largest absolute Gasteiger partial charge is 0.472 e. The van der Waals surface area contributed by atoms with E-state index in [2.05, 4.69) is 6.07 Å². The molecule has 0 spiro atoms. The first-order valence-corrected chi connectivity index (χ1v) is 6.73. The summed E-state index contributed by atoms with van der Waals surface area (Å²) in [5.41, 5.74) is 1.25. The molecule has 19 heavy (non-hydrogen) atoms. The number of amides is 1. The Hall–Kier alpha value is -2.06. The Morgan fingerprint density at radius 2 is 2.32 bits per heavy atom. The fourth-order valence-corrected chi connectivity index (χ4v) is 3.40. The minimum Gasteiger partial charge on any atom is -0.472 e. The number of nitrogens with zero attached hydrogens (tertiary/aromatic N) is 2. The van der Waals surface area contributed by atoms with Gasteiger partial charge in [-0.1, -0.05) is 0 Å². The third-order valence-corrected chi connectivity index (χ3v) is 4.73. The average Bonchev–Trinajstić information content (AvgIpc) is 3.06. The number of hydrogen-bond donors (Lipinski definition) is 0. The van der Waals surface area contributed by atoms with Gasteiger partial charge in [0.15, 0.2) is 0 Å². The van der Waals surface area contributed by atoms with Gasteiger partial charge in [0.25, 0.3) is 0 Å². The summed E-state index contributed by atoms with van der Waals surface area (Å²) in [5, 5.41) is 9.02. The molecular formula is C14H12N2O2S. The summed E-state index contributed by atoms with van der Waals surface area (Å²) < 4.78 is 5.04. The number of nitriles is 1. The quantitative estimate of drug-likeness (QED) is 0.844. The number of anilines is 1. The molecule has 96 valence electrons. The topological polar surface area (TPSA) is 57.2 Å². The number of carbonyl (C=O) groups is 1. The maximum absolute atomic E-state index is 12.5. The maximum Gasteiger partial charge on any atom is 0.238 e. The molecule has 2 aromatic rings. The van der Waals surface area contributed by atoms with Gasteiger partial charge in [0, 0.05) is 10.4 Å². The molecule has 5 heteroatoms. The first kappa shape index (κ1) is 12.0. The van der Waals surface area contributed by atoms with E-state index in [0.29, 0.717) is 11.4 Å². The molecule has 0 aliphatic carbocycles. The van der Waals surface area contributed by atoms with E-state index in [-0.39, 0.29) is 5.91 Å².